The number of hydrogen-bond acceptors (Lipinski definition) is 3. The van der Waals surface area contributed by atoms with Gasteiger partial charge in [-0.3, -0.25) is 9.59 Å². The molecule has 2 amide bonds. The van der Waals surface area contributed by atoms with Gasteiger partial charge in [-0.25, -0.2) is 8.78 Å². The number of halogens is 3. The summed E-state index contributed by atoms with van der Waals surface area (Å²) in [7, 11) is 1.46. The highest BCUT2D eigenvalue weighted by Gasteiger charge is 2.13. The second kappa shape index (κ2) is 7.74. The van der Waals surface area contributed by atoms with Crippen LogP contribution in [0.25, 0.3) is 0 Å². The highest BCUT2D eigenvalue weighted by molar-refractivity contribution is 6.32. The molecular weight excluding hydrogens is 342 g/mol. The zero-order valence-corrected chi connectivity index (χ0v) is 13.3. The second-order valence-corrected chi connectivity index (χ2v) is 5.15. The summed E-state index contributed by atoms with van der Waals surface area (Å²) in [5, 5.41) is 4.98. The molecule has 0 spiro atoms. The molecule has 0 saturated heterocycles. The fraction of sp³-hybridized carbons (Fsp3) is 0.125. The number of methoxy groups -OCH3 is 1. The van der Waals surface area contributed by atoms with E-state index in [4.69, 9.17) is 16.3 Å². The van der Waals surface area contributed by atoms with E-state index in [0.29, 0.717) is 22.5 Å². The molecule has 0 aliphatic carbocycles. The smallest absolute Gasteiger partial charge is 0.233 e. The van der Waals surface area contributed by atoms with Crippen LogP contribution in [-0.2, 0) is 9.59 Å². The lowest BCUT2D eigenvalue weighted by molar-refractivity contribution is -0.123. The Morgan fingerprint density at radius 3 is 2.42 bits per heavy atom. The molecule has 8 heteroatoms. The molecule has 2 rings (SSSR count). The van der Waals surface area contributed by atoms with Gasteiger partial charge in [-0.1, -0.05) is 11.6 Å². The zero-order chi connectivity index (χ0) is 17.7. The highest BCUT2D eigenvalue weighted by Crippen LogP contribution is 2.27. The van der Waals surface area contributed by atoms with Crippen molar-refractivity contribution in [1.82, 2.24) is 0 Å². The van der Waals surface area contributed by atoms with Crippen LogP contribution in [0.5, 0.6) is 5.75 Å². The topological polar surface area (TPSA) is 67.4 Å². The molecule has 0 heterocycles. The molecule has 2 N–H and O–H groups in total. The predicted molar refractivity (Wildman–Crippen MR) is 86.2 cm³/mol. The van der Waals surface area contributed by atoms with Crippen molar-refractivity contribution in [2.24, 2.45) is 0 Å². The van der Waals surface area contributed by atoms with Gasteiger partial charge in [0.15, 0.2) is 0 Å². The van der Waals surface area contributed by atoms with Gasteiger partial charge in [-0.05, 0) is 30.3 Å². The van der Waals surface area contributed by atoms with Crippen molar-refractivity contribution in [2.45, 2.75) is 6.42 Å². The minimum atomic E-state index is -0.925. The van der Waals surface area contributed by atoms with E-state index in [-0.39, 0.29) is 5.69 Å². The van der Waals surface area contributed by atoms with Gasteiger partial charge in [0.05, 0.1) is 17.8 Å². The zero-order valence-electron chi connectivity index (χ0n) is 12.5. The summed E-state index contributed by atoms with van der Waals surface area (Å²) in [6.45, 7) is 0. The van der Waals surface area contributed by atoms with Crippen LogP contribution in [-0.4, -0.2) is 18.9 Å². The number of anilines is 2. The molecule has 0 aliphatic heterocycles. The maximum absolute atomic E-state index is 13.4. The van der Waals surface area contributed by atoms with Crippen LogP contribution >= 0.6 is 11.6 Å². The van der Waals surface area contributed by atoms with Gasteiger partial charge in [0, 0.05) is 11.8 Å². The average molecular weight is 355 g/mol. The number of ether oxygens (including phenoxy) is 1. The number of amides is 2. The maximum Gasteiger partial charge on any atom is 0.233 e. The summed E-state index contributed by atoms with van der Waals surface area (Å²) in [4.78, 5) is 23.6. The Morgan fingerprint density at radius 2 is 1.79 bits per heavy atom. The molecule has 5 nitrogen and oxygen atoms in total. The molecule has 0 aliphatic rings. The third-order valence-electron chi connectivity index (χ3n) is 2.96. The first-order valence-corrected chi connectivity index (χ1v) is 7.15. The van der Waals surface area contributed by atoms with Crippen LogP contribution < -0.4 is 15.4 Å². The highest BCUT2D eigenvalue weighted by atomic mass is 35.5. The molecule has 2 aromatic rings. The van der Waals surface area contributed by atoms with Crippen molar-refractivity contribution in [3.05, 3.63) is 53.1 Å². The monoisotopic (exact) mass is 354 g/mol. The van der Waals surface area contributed by atoms with Crippen LogP contribution in [0.1, 0.15) is 6.42 Å². The van der Waals surface area contributed by atoms with E-state index in [0.717, 1.165) is 12.1 Å². The number of carbonyl (C=O) groups is 2. The fourth-order valence-corrected chi connectivity index (χ4v) is 2.14. The Balaban J connectivity index is 1.94. The van der Waals surface area contributed by atoms with E-state index in [1.807, 2.05) is 0 Å². The quantitative estimate of drug-likeness (QED) is 0.806. The molecule has 0 saturated carbocycles. The minimum Gasteiger partial charge on any atom is -0.495 e. The lowest BCUT2D eigenvalue weighted by Gasteiger charge is -2.09. The van der Waals surface area contributed by atoms with Gasteiger partial charge in [-0.15, -0.1) is 0 Å². The van der Waals surface area contributed by atoms with E-state index in [1.165, 1.54) is 13.2 Å². The third kappa shape index (κ3) is 4.66. The second-order valence-electron chi connectivity index (χ2n) is 4.75. The first-order chi connectivity index (χ1) is 11.4. The molecule has 126 valence electrons. The normalized spacial score (nSPS) is 10.2. The van der Waals surface area contributed by atoms with Gasteiger partial charge < -0.3 is 15.4 Å². The lowest BCUT2D eigenvalue weighted by atomic mass is 10.2. The van der Waals surface area contributed by atoms with Gasteiger partial charge in [0.25, 0.3) is 0 Å². The van der Waals surface area contributed by atoms with Crippen molar-refractivity contribution in [2.75, 3.05) is 17.7 Å². The third-order valence-corrected chi connectivity index (χ3v) is 3.26. The first-order valence-electron chi connectivity index (χ1n) is 6.77. The Hall–Kier alpha value is -2.67. The van der Waals surface area contributed by atoms with Crippen LogP contribution in [0.15, 0.2) is 36.4 Å². The van der Waals surface area contributed by atoms with E-state index in [9.17, 15) is 18.4 Å². The van der Waals surface area contributed by atoms with E-state index in [2.05, 4.69) is 10.6 Å². The van der Waals surface area contributed by atoms with Gasteiger partial charge in [-0.2, -0.15) is 0 Å². The number of carbonyl (C=O) groups excluding carboxylic acids is 2. The largest absolute Gasteiger partial charge is 0.495 e. The van der Waals surface area contributed by atoms with Crippen molar-refractivity contribution in [3.63, 3.8) is 0 Å². The van der Waals surface area contributed by atoms with Gasteiger partial charge in [0.2, 0.25) is 11.8 Å². The minimum absolute atomic E-state index is 0.207. The molecular formula is C16H13ClF2N2O3. The maximum atomic E-state index is 13.4. The Labute approximate surface area is 141 Å². The first kappa shape index (κ1) is 17.7. The van der Waals surface area contributed by atoms with Crippen LogP contribution in [0.3, 0.4) is 0 Å². The number of nitrogens with one attached hydrogen (secondary N) is 2. The van der Waals surface area contributed by atoms with Gasteiger partial charge >= 0.3 is 0 Å². The molecule has 0 unspecified atom stereocenters. The van der Waals surface area contributed by atoms with Crippen molar-refractivity contribution in [1.29, 1.82) is 0 Å². The Kier molecular flexibility index (Phi) is 5.70. The summed E-state index contributed by atoms with van der Waals surface area (Å²) in [6, 6.07) is 7.29. The molecule has 0 radical (unpaired) electrons. The summed E-state index contributed by atoms with van der Waals surface area (Å²) >= 11 is 5.93. The molecule has 2 aromatic carbocycles. The summed E-state index contributed by atoms with van der Waals surface area (Å²) in [6.07, 6.45) is -0.541. The van der Waals surface area contributed by atoms with Crippen molar-refractivity contribution >= 4 is 34.8 Å². The fourth-order valence-electron chi connectivity index (χ4n) is 1.88. The molecule has 0 bridgehead atoms. The Morgan fingerprint density at radius 1 is 1.08 bits per heavy atom. The summed E-state index contributed by atoms with van der Waals surface area (Å²) in [5.74, 6) is -2.60. The number of hydrogen-bond donors (Lipinski definition) is 2. The van der Waals surface area contributed by atoms with E-state index in [1.54, 1.807) is 12.1 Å². The van der Waals surface area contributed by atoms with E-state index < -0.39 is 29.9 Å². The van der Waals surface area contributed by atoms with Gasteiger partial charge in [0.1, 0.15) is 23.8 Å². The molecule has 0 fully saturated rings. The summed E-state index contributed by atoms with van der Waals surface area (Å²) < 4.78 is 31.2. The molecule has 0 aromatic heterocycles. The molecule has 0 atom stereocenters. The molecule has 24 heavy (non-hydrogen) atoms. The average Bonchev–Trinajstić information content (AvgIpc) is 2.50. The lowest BCUT2D eigenvalue weighted by Crippen LogP contribution is -2.21. The van der Waals surface area contributed by atoms with Crippen LogP contribution in [0, 0.1) is 11.6 Å². The standard InChI is InChI=1S/C16H13ClF2N2O3/c1-24-14-5-3-10(7-11(14)17)20-15(22)8-16(23)21-13-4-2-9(18)6-12(13)19/h2-7H,8H2,1H3,(H,20,22)(H,21,23). The SMILES string of the molecule is COc1ccc(NC(=O)CC(=O)Nc2ccc(F)cc2F)cc1Cl. The number of benzene rings is 2. The van der Waals surface area contributed by atoms with E-state index >= 15 is 0 Å². The van der Waals surface area contributed by atoms with Crippen LogP contribution in [0.4, 0.5) is 20.2 Å². The van der Waals surface area contributed by atoms with Crippen molar-refractivity contribution in [3.8, 4) is 5.75 Å². The Bertz CT molecular complexity index is 784. The summed E-state index contributed by atoms with van der Waals surface area (Å²) in [5.41, 5.74) is 0.174. The predicted octanol–water partition coefficient (Wildman–Crippen LogP) is 3.59. The van der Waals surface area contributed by atoms with Crippen molar-refractivity contribution < 1.29 is 23.1 Å². The number of rotatable bonds is 5. The van der Waals surface area contributed by atoms with Crippen LogP contribution in [0.2, 0.25) is 5.02 Å².